The first-order valence-corrected chi connectivity index (χ1v) is 12.7. The molecule has 0 radical (unpaired) electrons. The number of aromatic nitrogens is 2. The highest BCUT2D eigenvalue weighted by Crippen LogP contribution is 2.44. The van der Waals surface area contributed by atoms with E-state index in [1.165, 1.54) is 33.8 Å². The molecule has 0 bridgehead atoms. The topological polar surface area (TPSA) is 36.3 Å². The van der Waals surface area contributed by atoms with Gasteiger partial charge in [0.25, 0.3) is 0 Å². The molecule has 0 unspecified atom stereocenters. The van der Waals surface area contributed by atoms with Gasteiger partial charge in [-0.15, -0.1) is 0 Å². The van der Waals surface area contributed by atoms with Crippen molar-refractivity contribution in [1.82, 2.24) is 14.9 Å². The van der Waals surface area contributed by atoms with Crippen molar-refractivity contribution in [3.63, 3.8) is 0 Å². The largest absolute Gasteiger partial charge is 0.378 e. The third kappa shape index (κ3) is 4.16. The summed E-state index contributed by atoms with van der Waals surface area (Å²) in [4.78, 5) is 9.08. The van der Waals surface area contributed by atoms with Crippen molar-refractivity contribution in [3.05, 3.63) is 107 Å². The average molecular weight is 496 g/mol. The van der Waals surface area contributed by atoms with E-state index in [-0.39, 0.29) is 12.1 Å². The molecule has 0 amide bonds. The second-order valence-electron chi connectivity index (χ2n) is 9.86. The van der Waals surface area contributed by atoms with Crippen LogP contribution in [-0.2, 0) is 0 Å². The van der Waals surface area contributed by atoms with Crippen LogP contribution in [0.5, 0.6) is 0 Å². The van der Waals surface area contributed by atoms with Crippen molar-refractivity contribution in [2.75, 3.05) is 23.9 Å². The van der Waals surface area contributed by atoms with E-state index in [1.54, 1.807) is 0 Å². The first-order chi connectivity index (χ1) is 17.3. The van der Waals surface area contributed by atoms with Gasteiger partial charge in [0.05, 0.1) is 17.8 Å². The number of hydrogen-bond donors (Lipinski definition) is 1. The van der Waals surface area contributed by atoms with Crippen LogP contribution in [0.3, 0.4) is 0 Å². The van der Waals surface area contributed by atoms with Crippen LogP contribution in [0.2, 0.25) is 0 Å². The minimum atomic E-state index is -0.0696. The molecule has 2 atom stereocenters. The first kappa shape index (κ1) is 24.1. The Hall–Kier alpha value is -3.64. The number of rotatable bonds is 5. The van der Waals surface area contributed by atoms with E-state index < -0.39 is 0 Å². The number of thiocarbonyl (C=S) groups is 1. The Morgan fingerprint density at radius 1 is 0.917 bits per heavy atom. The van der Waals surface area contributed by atoms with E-state index in [9.17, 15) is 0 Å². The Balaban J connectivity index is 1.67. The molecular formula is C30H33N5S. The Morgan fingerprint density at radius 2 is 1.67 bits per heavy atom. The van der Waals surface area contributed by atoms with Gasteiger partial charge < -0.3 is 19.7 Å². The fourth-order valence-electron chi connectivity index (χ4n) is 5.28. The van der Waals surface area contributed by atoms with Crippen LogP contribution < -0.4 is 15.1 Å². The third-order valence-corrected chi connectivity index (χ3v) is 7.45. The molecule has 1 aliphatic heterocycles. The lowest BCUT2D eigenvalue weighted by atomic mass is 9.96. The van der Waals surface area contributed by atoms with Crippen LogP contribution in [0.1, 0.15) is 45.9 Å². The predicted octanol–water partition coefficient (Wildman–Crippen LogP) is 6.35. The molecule has 2 aromatic heterocycles. The van der Waals surface area contributed by atoms with Crippen LogP contribution in [0.25, 0.3) is 5.69 Å². The van der Waals surface area contributed by atoms with Crippen molar-refractivity contribution < 1.29 is 0 Å². The summed E-state index contributed by atoms with van der Waals surface area (Å²) in [6.07, 6.45) is 1.85. The molecule has 1 N–H and O–H groups in total. The van der Waals surface area contributed by atoms with Crippen LogP contribution in [0, 0.1) is 27.7 Å². The van der Waals surface area contributed by atoms with Gasteiger partial charge in [0.2, 0.25) is 0 Å². The zero-order chi connectivity index (χ0) is 25.6. The number of aryl methyl sites for hydroxylation is 3. The second kappa shape index (κ2) is 9.43. The zero-order valence-electron chi connectivity index (χ0n) is 21.8. The molecule has 5 nitrogen and oxygen atoms in total. The molecule has 184 valence electrons. The molecule has 36 heavy (non-hydrogen) atoms. The number of hydrogen-bond acceptors (Lipinski definition) is 3. The van der Waals surface area contributed by atoms with Crippen molar-refractivity contribution in [2.45, 2.75) is 39.8 Å². The third-order valence-electron chi connectivity index (χ3n) is 7.14. The summed E-state index contributed by atoms with van der Waals surface area (Å²) in [6, 6.07) is 23.5. The number of anilines is 2. The lowest BCUT2D eigenvalue weighted by molar-refractivity contribution is 0.565. The van der Waals surface area contributed by atoms with E-state index >= 15 is 0 Å². The SMILES string of the molecule is Cc1ccc(C)c(-n2c(C)cc([C@H]3[C@@H](c4ccccn4)NC(=S)N3c3ccc(N(C)C)cc3)c2C)c1. The van der Waals surface area contributed by atoms with Crippen molar-refractivity contribution in [3.8, 4) is 5.69 Å². The van der Waals surface area contributed by atoms with E-state index in [0.29, 0.717) is 5.11 Å². The number of pyridine rings is 1. The molecule has 0 spiro atoms. The van der Waals surface area contributed by atoms with Gasteiger partial charge in [-0.3, -0.25) is 4.98 Å². The summed E-state index contributed by atoms with van der Waals surface area (Å²) < 4.78 is 2.38. The van der Waals surface area contributed by atoms with Gasteiger partial charge in [-0.25, -0.2) is 0 Å². The van der Waals surface area contributed by atoms with Gasteiger partial charge in [0.1, 0.15) is 0 Å². The molecule has 1 saturated heterocycles. The summed E-state index contributed by atoms with van der Waals surface area (Å²) >= 11 is 5.95. The zero-order valence-corrected chi connectivity index (χ0v) is 22.6. The first-order valence-electron chi connectivity index (χ1n) is 12.3. The normalized spacial score (nSPS) is 17.4. The van der Waals surface area contributed by atoms with Gasteiger partial charge in [0, 0.05) is 48.7 Å². The van der Waals surface area contributed by atoms with Crippen LogP contribution >= 0.6 is 12.2 Å². The molecule has 6 heteroatoms. The minimum absolute atomic E-state index is 0.0392. The highest BCUT2D eigenvalue weighted by atomic mass is 32.1. The number of nitrogens with zero attached hydrogens (tertiary/aromatic N) is 4. The molecule has 4 aromatic rings. The molecule has 1 fully saturated rings. The number of nitrogens with one attached hydrogen (secondary N) is 1. The van der Waals surface area contributed by atoms with E-state index in [0.717, 1.165) is 17.1 Å². The summed E-state index contributed by atoms with van der Waals surface area (Å²) in [5.74, 6) is 0. The van der Waals surface area contributed by atoms with Gasteiger partial charge in [-0.05, 0) is 105 Å². The summed E-state index contributed by atoms with van der Waals surface area (Å²) in [5.41, 5.74) is 10.6. The monoisotopic (exact) mass is 495 g/mol. The van der Waals surface area contributed by atoms with E-state index in [1.807, 2.05) is 18.3 Å². The standard InChI is InChI=1S/C30H33N5S/c1-19-10-11-20(2)27(17-19)34-21(3)18-25(22(34)4)29-28(26-9-7-8-16-31-26)32-30(36)35(29)24-14-12-23(13-15-24)33(5)6/h7-18,28-29H,1-6H3,(H,32,36)/t28-,29+/m1/s1. The molecule has 3 heterocycles. The molecule has 2 aromatic carbocycles. The summed E-state index contributed by atoms with van der Waals surface area (Å²) in [5, 5.41) is 4.31. The van der Waals surface area contributed by atoms with Gasteiger partial charge in [0.15, 0.2) is 5.11 Å². The molecule has 1 aliphatic rings. The van der Waals surface area contributed by atoms with Crippen molar-refractivity contribution in [1.29, 1.82) is 0 Å². The average Bonchev–Trinajstić information content (AvgIpc) is 3.36. The lowest BCUT2D eigenvalue weighted by Crippen LogP contribution is -2.29. The van der Waals surface area contributed by atoms with Gasteiger partial charge in [-0.2, -0.15) is 0 Å². The van der Waals surface area contributed by atoms with Crippen LogP contribution in [0.4, 0.5) is 11.4 Å². The molecular weight excluding hydrogens is 462 g/mol. The maximum absolute atomic E-state index is 5.95. The Kier molecular flexibility index (Phi) is 6.31. The van der Waals surface area contributed by atoms with E-state index in [2.05, 4.69) is 116 Å². The second-order valence-corrected chi connectivity index (χ2v) is 10.2. The fraction of sp³-hybridized carbons (Fsp3) is 0.267. The smallest absolute Gasteiger partial charge is 0.174 e. The van der Waals surface area contributed by atoms with Gasteiger partial charge in [-0.1, -0.05) is 18.2 Å². The number of benzene rings is 2. The lowest BCUT2D eigenvalue weighted by Gasteiger charge is -2.28. The maximum atomic E-state index is 5.95. The minimum Gasteiger partial charge on any atom is -0.378 e. The van der Waals surface area contributed by atoms with Crippen LogP contribution in [-0.4, -0.2) is 28.8 Å². The Morgan fingerprint density at radius 3 is 2.33 bits per heavy atom. The summed E-state index contributed by atoms with van der Waals surface area (Å²) in [6.45, 7) is 8.72. The van der Waals surface area contributed by atoms with Crippen LogP contribution in [0.15, 0.2) is 72.9 Å². The van der Waals surface area contributed by atoms with Crippen molar-refractivity contribution >= 4 is 28.7 Å². The van der Waals surface area contributed by atoms with Crippen molar-refractivity contribution in [2.24, 2.45) is 0 Å². The molecule has 0 saturated carbocycles. The quantitative estimate of drug-likeness (QED) is 0.327. The Bertz CT molecular complexity index is 1410. The highest BCUT2D eigenvalue weighted by Gasteiger charge is 2.42. The molecule has 5 rings (SSSR count). The molecule has 0 aliphatic carbocycles. The summed E-state index contributed by atoms with van der Waals surface area (Å²) in [7, 11) is 4.11. The Labute approximate surface area is 219 Å². The predicted molar refractivity (Wildman–Crippen MR) is 153 cm³/mol. The maximum Gasteiger partial charge on any atom is 0.174 e. The van der Waals surface area contributed by atoms with E-state index in [4.69, 9.17) is 17.2 Å². The fourth-order valence-corrected chi connectivity index (χ4v) is 5.62. The van der Waals surface area contributed by atoms with Gasteiger partial charge >= 0.3 is 0 Å². The highest BCUT2D eigenvalue weighted by molar-refractivity contribution is 7.80.